The van der Waals surface area contributed by atoms with E-state index in [9.17, 15) is 26.0 Å². The van der Waals surface area contributed by atoms with E-state index < -0.39 is 27.6 Å². The van der Waals surface area contributed by atoms with Gasteiger partial charge >= 0.3 is 6.18 Å². The number of nitrogens with zero attached hydrogens (tertiary/aromatic N) is 1. The molecule has 4 rings (SSSR count). The van der Waals surface area contributed by atoms with Gasteiger partial charge in [0, 0.05) is 30.1 Å². The number of benzene rings is 2. The summed E-state index contributed by atoms with van der Waals surface area (Å²) < 4.78 is 80.0. The van der Waals surface area contributed by atoms with Crippen LogP contribution in [0.15, 0.2) is 36.4 Å². The lowest BCUT2D eigenvalue weighted by Gasteiger charge is -2.23. The van der Waals surface area contributed by atoms with E-state index in [0.717, 1.165) is 42.4 Å². The van der Waals surface area contributed by atoms with Crippen LogP contribution in [-0.4, -0.2) is 38.1 Å². The summed E-state index contributed by atoms with van der Waals surface area (Å²) in [6.45, 7) is -0.0386. The summed E-state index contributed by atoms with van der Waals surface area (Å²) in [6, 6.07) is 8.30. The van der Waals surface area contributed by atoms with Crippen LogP contribution >= 0.6 is 0 Å². The third kappa shape index (κ3) is 4.84. The van der Waals surface area contributed by atoms with Gasteiger partial charge in [0.05, 0.1) is 11.8 Å². The molecule has 174 valence electrons. The third-order valence-electron chi connectivity index (χ3n) is 6.42. The molecule has 0 aromatic heterocycles. The van der Waals surface area contributed by atoms with Gasteiger partial charge in [-0.1, -0.05) is 24.3 Å². The molecule has 2 aliphatic rings. The molecular formula is C23H26F4N2O2S. The molecule has 2 unspecified atom stereocenters. The average molecular weight is 471 g/mol. The Balaban J connectivity index is 1.66. The maximum Gasteiger partial charge on any atom is 0.416 e. The standard InChI is InChI=1S/C23H26F4N2O2S/c1-28-22-12-15-11-21(24)16(13-29(18-6-7-18)32(2,30)31)10-19(15)20(22)9-14-4-3-5-17(8-14)23(25,26)27/h3-5,8,10-11,18,20,22,28H,6-7,9,12-13H2,1-2H3. The Kier molecular flexibility index (Phi) is 6.11. The minimum absolute atomic E-state index is 0.0386. The summed E-state index contributed by atoms with van der Waals surface area (Å²) in [5, 5.41) is 3.21. The van der Waals surface area contributed by atoms with Crippen LogP contribution in [0.3, 0.4) is 0 Å². The molecule has 32 heavy (non-hydrogen) atoms. The van der Waals surface area contributed by atoms with Crippen molar-refractivity contribution in [1.29, 1.82) is 0 Å². The molecule has 4 nitrogen and oxygen atoms in total. The zero-order chi connectivity index (χ0) is 23.3. The van der Waals surface area contributed by atoms with Crippen LogP contribution in [0.5, 0.6) is 0 Å². The van der Waals surface area contributed by atoms with Crippen molar-refractivity contribution in [3.63, 3.8) is 0 Å². The van der Waals surface area contributed by atoms with Gasteiger partial charge in [0.15, 0.2) is 0 Å². The van der Waals surface area contributed by atoms with Crippen LogP contribution in [0.25, 0.3) is 0 Å². The van der Waals surface area contributed by atoms with Crippen LogP contribution in [0, 0.1) is 5.82 Å². The normalized spacial score (nSPS) is 21.2. The molecule has 0 radical (unpaired) electrons. The van der Waals surface area contributed by atoms with Gasteiger partial charge in [0.1, 0.15) is 5.82 Å². The molecule has 0 spiro atoms. The Morgan fingerprint density at radius 2 is 1.88 bits per heavy atom. The van der Waals surface area contributed by atoms with Crippen molar-refractivity contribution in [3.8, 4) is 0 Å². The highest BCUT2D eigenvalue weighted by atomic mass is 32.2. The van der Waals surface area contributed by atoms with Crippen LogP contribution in [0.1, 0.15) is 46.6 Å². The molecule has 1 N–H and O–H groups in total. The van der Waals surface area contributed by atoms with Gasteiger partial charge < -0.3 is 5.32 Å². The predicted molar refractivity (Wildman–Crippen MR) is 114 cm³/mol. The van der Waals surface area contributed by atoms with E-state index in [4.69, 9.17) is 0 Å². The first kappa shape index (κ1) is 23.2. The van der Waals surface area contributed by atoms with Gasteiger partial charge in [0.2, 0.25) is 10.0 Å². The van der Waals surface area contributed by atoms with Crippen molar-refractivity contribution >= 4 is 10.0 Å². The number of fused-ring (bicyclic) bond motifs is 1. The maximum atomic E-state index is 14.9. The van der Waals surface area contributed by atoms with E-state index in [2.05, 4.69) is 5.32 Å². The fourth-order valence-corrected chi connectivity index (χ4v) is 5.77. The number of likely N-dealkylation sites (N-methyl/N-ethyl adjacent to an activating group) is 1. The van der Waals surface area contributed by atoms with Crippen molar-refractivity contribution in [3.05, 3.63) is 70.0 Å². The molecule has 0 amide bonds. The number of hydrogen-bond donors (Lipinski definition) is 1. The first-order valence-electron chi connectivity index (χ1n) is 10.6. The Morgan fingerprint density at radius 3 is 2.47 bits per heavy atom. The second kappa shape index (κ2) is 8.43. The van der Waals surface area contributed by atoms with Crippen molar-refractivity contribution in [2.45, 2.75) is 56.4 Å². The molecule has 2 atom stereocenters. The number of rotatable bonds is 7. The quantitative estimate of drug-likeness (QED) is 0.616. The first-order chi connectivity index (χ1) is 15.0. The predicted octanol–water partition coefficient (Wildman–Crippen LogP) is 4.24. The Bertz CT molecular complexity index is 1110. The van der Waals surface area contributed by atoms with Gasteiger partial charge in [-0.15, -0.1) is 0 Å². The van der Waals surface area contributed by atoms with Crippen molar-refractivity contribution in [1.82, 2.24) is 9.62 Å². The van der Waals surface area contributed by atoms with E-state index in [1.165, 1.54) is 16.4 Å². The van der Waals surface area contributed by atoms with Crippen molar-refractivity contribution in [2.24, 2.45) is 0 Å². The summed E-state index contributed by atoms with van der Waals surface area (Å²) in [6.07, 6.45) is -0.833. The fourth-order valence-electron chi connectivity index (χ4n) is 4.65. The second-order valence-electron chi connectivity index (χ2n) is 8.79. The summed E-state index contributed by atoms with van der Waals surface area (Å²) >= 11 is 0. The topological polar surface area (TPSA) is 49.4 Å². The van der Waals surface area contributed by atoms with E-state index in [0.29, 0.717) is 24.0 Å². The van der Waals surface area contributed by atoms with Crippen LogP contribution in [0.4, 0.5) is 17.6 Å². The minimum Gasteiger partial charge on any atom is -0.316 e. The number of sulfonamides is 1. The molecule has 0 aliphatic heterocycles. The van der Waals surface area contributed by atoms with E-state index in [-0.39, 0.29) is 24.5 Å². The summed E-state index contributed by atoms with van der Waals surface area (Å²) in [4.78, 5) is 0. The maximum absolute atomic E-state index is 14.9. The zero-order valence-corrected chi connectivity index (χ0v) is 18.7. The molecule has 0 bridgehead atoms. The fraction of sp³-hybridized carbons (Fsp3) is 0.478. The molecule has 2 aromatic carbocycles. The van der Waals surface area contributed by atoms with Crippen molar-refractivity contribution in [2.75, 3.05) is 13.3 Å². The average Bonchev–Trinajstić information content (AvgIpc) is 3.48. The number of hydrogen-bond acceptors (Lipinski definition) is 3. The summed E-state index contributed by atoms with van der Waals surface area (Å²) in [5.74, 6) is -0.599. The molecule has 0 saturated heterocycles. The Morgan fingerprint density at radius 1 is 1.16 bits per heavy atom. The second-order valence-corrected chi connectivity index (χ2v) is 10.7. The van der Waals surface area contributed by atoms with Gasteiger partial charge in [-0.25, -0.2) is 12.8 Å². The molecular weight excluding hydrogens is 444 g/mol. The highest BCUT2D eigenvalue weighted by Gasteiger charge is 2.37. The molecule has 9 heteroatoms. The molecule has 2 aromatic rings. The van der Waals surface area contributed by atoms with Gasteiger partial charge in [-0.3, -0.25) is 0 Å². The van der Waals surface area contributed by atoms with E-state index >= 15 is 0 Å². The highest BCUT2D eigenvalue weighted by Crippen LogP contribution is 2.39. The monoisotopic (exact) mass is 470 g/mol. The lowest BCUT2D eigenvalue weighted by molar-refractivity contribution is -0.137. The largest absolute Gasteiger partial charge is 0.416 e. The smallest absolute Gasteiger partial charge is 0.316 e. The zero-order valence-electron chi connectivity index (χ0n) is 17.9. The first-order valence-corrected chi connectivity index (χ1v) is 12.4. The van der Waals surface area contributed by atoms with Crippen LogP contribution < -0.4 is 5.32 Å². The van der Waals surface area contributed by atoms with Gasteiger partial charge in [-0.05, 0) is 61.6 Å². The Hall–Kier alpha value is -1.97. The minimum atomic E-state index is -4.42. The Labute approximate surface area is 185 Å². The lowest BCUT2D eigenvalue weighted by Crippen LogP contribution is -2.32. The molecule has 0 heterocycles. The van der Waals surface area contributed by atoms with Crippen LogP contribution in [-0.2, 0) is 35.6 Å². The van der Waals surface area contributed by atoms with Gasteiger partial charge in [0.25, 0.3) is 0 Å². The summed E-state index contributed by atoms with van der Waals surface area (Å²) in [7, 11) is -1.70. The number of alkyl halides is 3. The molecule has 1 saturated carbocycles. The highest BCUT2D eigenvalue weighted by molar-refractivity contribution is 7.88. The van der Waals surface area contributed by atoms with E-state index in [1.54, 1.807) is 19.2 Å². The number of halogens is 4. The van der Waals surface area contributed by atoms with Gasteiger partial charge in [-0.2, -0.15) is 17.5 Å². The summed E-state index contributed by atoms with van der Waals surface area (Å²) in [5.41, 5.74) is 1.83. The van der Waals surface area contributed by atoms with Crippen molar-refractivity contribution < 1.29 is 26.0 Å². The lowest BCUT2D eigenvalue weighted by atomic mass is 9.89. The third-order valence-corrected chi connectivity index (χ3v) is 7.70. The SMILES string of the molecule is CNC1Cc2cc(F)c(CN(C3CC3)S(C)(=O)=O)cc2C1Cc1cccc(C(F)(F)F)c1. The van der Waals surface area contributed by atoms with E-state index in [1.807, 2.05) is 0 Å². The molecule has 1 fully saturated rings. The molecule has 2 aliphatic carbocycles. The van der Waals surface area contributed by atoms with Crippen LogP contribution in [0.2, 0.25) is 0 Å². The number of nitrogens with one attached hydrogen (secondary N) is 1.